The number of alkyl halides is 1. The van der Waals surface area contributed by atoms with Crippen LogP contribution in [-0.2, 0) is 9.59 Å². The summed E-state index contributed by atoms with van der Waals surface area (Å²) in [6.45, 7) is 5.98. The number of likely N-dealkylation sites (tertiary alicyclic amines) is 1. The summed E-state index contributed by atoms with van der Waals surface area (Å²) in [7, 11) is 0. The summed E-state index contributed by atoms with van der Waals surface area (Å²) in [5, 5.41) is 3.12. The number of nitrogens with one attached hydrogen (secondary N) is 1. The minimum atomic E-state index is -1.23. The zero-order valence-corrected chi connectivity index (χ0v) is 20.7. The zero-order valence-electron chi connectivity index (χ0n) is 20.7. The fourth-order valence-corrected chi connectivity index (χ4v) is 4.79. The number of halogens is 1. The maximum Gasteiger partial charge on any atom is 0.243 e. The Bertz CT molecular complexity index is 1090. The Balaban J connectivity index is 1.56. The third kappa shape index (κ3) is 5.69. The Labute approximate surface area is 207 Å². The molecule has 1 fully saturated rings. The van der Waals surface area contributed by atoms with Crippen molar-refractivity contribution in [1.82, 2.24) is 10.2 Å². The molecular weight excluding hydrogens is 441 g/mol. The number of hydrogen-bond donors (Lipinski definition) is 1. The standard InChI is InChI=1S/C29H34FN3O2/c1-19(2)21-12-14-23(15-13-21)27(22-9-5-4-6-10-22)32-28(34)26-17-24(30)18-33(26)29(35)20(3)25-11-7-8-16-31-25/h4-6,9-16,19-20,24,26-27H,7-8,17-18H2,1-3H3,(H,32,34)/t20?,24-,26+,27+/m1/s1. The second-order valence-corrected chi connectivity index (χ2v) is 9.75. The van der Waals surface area contributed by atoms with Gasteiger partial charge in [0.25, 0.3) is 0 Å². The van der Waals surface area contributed by atoms with Crippen molar-refractivity contribution in [2.24, 2.45) is 10.9 Å². The van der Waals surface area contributed by atoms with E-state index < -0.39 is 24.2 Å². The number of carbonyl (C=O) groups is 2. The predicted octanol–water partition coefficient (Wildman–Crippen LogP) is 5.34. The fourth-order valence-electron chi connectivity index (χ4n) is 4.79. The minimum Gasteiger partial charge on any atom is -0.343 e. The molecule has 6 heteroatoms. The van der Waals surface area contributed by atoms with Crippen LogP contribution in [0, 0.1) is 5.92 Å². The molecule has 0 saturated carbocycles. The van der Waals surface area contributed by atoms with Crippen LogP contribution in [0.4, 0.5) is 4.39 Å². The fraction of sp³-hybridized carbons (Fsp3) is 0.414. The molecule has 0 aliphatic carbocycles. The molecule has 2 heterocycles. The lowest BCUT2D eigenvalue weighted by Gasteiger charge is -2.29. The Morgan fingerprint density at radius 2 is 1.63 bits per heavy atom. The van der Waals surface area contributed by atoms with Crippen LogP contribution >= 0.6 is 0 Å². The monoisotopic (exact) mass is 475 g/mol. The van der Waals surface area contributed by atoms with Gasteiger partial charge >= 0.3 is 0 Å². The predicted molar refractivity (Wildman–Crippen MR) is 137 cm³/mol. The topological polar surface area (TPSA) is 61.8 Å². The van der Waals surface area contributed by atoms with Crippen molar-refractivity contribution < 1.29 is 14.0 Å². The van der Waals surface area contributed by atoms with E-state index in [2.05, 4.69) is 36.3 Å². The first-order valence-electron chi connectivity index (χ1n) is 12.5. The molecule has 0 radical (unpaired) electrons. The molecular formula is C29H34FN3O2. The van der Waals surface area contributed by atoms with E-state index in [1.165, 1.54) is 10.5 Å². The Hall–Kier alpha value is -3.28. The van der Waals surface area contributed by atoms with E-state index in [-0.39, 0.29) is 24.8 Å². The van der Waals surface area contributed by atoms with Crippen molar-refractivity contribution in [2.75, 3.05) is 6.54 Å². The normalized spacial score (nSPS) is 21.5. The number of carbonyl (C=O) groups excluding carboxylic acids is 2. The van der Waals surface area contributed by atoms with Crippen LogP contribution < -0.4 is 5.32 Å². The molecule has 2 aliphatic heterocycles. The Morgan fingerprint density at radius 1 is 0.971 bits per heavy atom. The zero-order chi connectivity index (χ0) is 24.9. The van der Waals surface area contributed by atoms with Gasteiger partial charge in [0.2, 0.25) is 11.8 Å². The van der Waals surface area contributed by atoms with Crippen molar-refractivity contribution in [1.29, 1.82) is 0 Å². The summed E-state index contributed by atoms with van der Waals surface area (Å²) in [5.41, 5.74) is 3.78. The number of allylic oxidation sites excluding steroid dienone is 1. The Kier molecular flexibility index (Phi) is 7.79. The molecule has 4 rings (SSSR count). The first-order valence-corrected chi connectivity index (χ1v) is 12.5. The molecule has 1 N–H and O–H groups in total. The van der Waals surface area contributed by atoms with Crippen LogP contribution in [0.15, 0.2) is 71.4 Å². The molecule has 0 spiro atoms. The van der Waals surface area contributed by atoms with Gasteiger partial charge in [-0.25, -0.2) is 4.39 Å². The molecule has 2 aromatic rings. The minimum absolute atomic E-state index is 0.000403. The highest BCUT2D eigenvalue weighted by Gasteiger charge is 2.42. The summed E-state index contributed by atoms with van der Waals surface area (Å²) in [4.78, 5) is 32.6. The van der Waals surface area contributed by atoms with Crippen LogP contribution in [0.5, 0.6) is 0 Å². The summed E-state index contributed by atoms with van der Waals surface area (Å²) >= 11 is 0. The summed E-state index contributed by atoms with van der Waals surface area (Å²) in [6, 6.07) is 16.7. The Morgan fingerprint density at radius 3 is 2.26 bits per heavy atom. The van der Waals surface area contributed by atoms with Crippen LogP contribution in [0.2, 0.25) is 0 Å². The maximum absolute atomic E-state index is 14.5. The smallest absolute Gasteiger partial charge is 0.243 e. The lowest BCUT2D eigenvalue weighted by Crippen LogP contribution is -2.48. The van der Waals surface area contributed by atoms with Crippen LogP contribution in [-0.4, -0.2) is 41.7 Å². The van der Waals surface area contributed by atoms with Gasteiger partial charge in [-0.3, -0.25) is 14.6 Å². The largest absolute Gasteiger partial charge is 0.343 e. The van der Waals surface area contributed by atoms with Crippen molar-refractivity contribution >= 4 is 18.0 Å². The highest BCUT2D eigenvalue weighted by molar-refractivity contribution is 5.90. The van der Waals surface area contributed by atoms with Gasteiger partial charge in [0.15, 0.2) is 0 Å². The van der Waals surface area contributed by atoms with Crippen molar-refractivity contribution in [3.63, 3.8) is 0 Å². The molecule has 1 saturated heterocycles. The average Bonchev–Trinajstić information content (AvgIpc) is 3.29. The highest BCUT2D eigenvalue weighted by atomic mass is 19.1. The third-order valence-corrected chi connectivity index (χ3v) is 6.90. The molecule has 0 bridgehead atoms. The number of aliphatic imine (C=N–C) groups is 1. The number of rotatable bonds is 7. The first-order chi connectivity index (χ1) is 16.8. The van der Waals surface area contributed by atoms with E-state index in [4.69, 9.17) is 0 Å². The van der Waals surface area contributed by atoms with Crippen molar-refractivity contribution in [2.45, 2.75) is 64.2 Å². The van der Waals surface area contributed by atoms with Crippen molar-refractivity contribution in [3.8, 4) is 0 Å². The molecule has 2 amide bonds. The molecule has 5 nitrogen and oxygen atoms in total. The quantitative estimate of drug-likeness (QED) is 0.588. The number of amides is 2. The van der Waals surface area contributed by atoms with Gasteiger partial charge < -0.3 is 10.2 Å². The van der Waals surface area contributed by atoms with Gasteiger partial charge in [0.1, 0.15) is 12.2 Å². The van der Waals surface area contributed by atoms with Gasteiger partial charge in [-0.1, -0.05) is 74.5 Å². The molecule has 35 heavy (non-hydrogen) atoms. The first kappa shape index (κ1) is 24.8. The second-order valence-electron chi connectivity index (χ2n) is 9.75. The van der Waals surface area contributed by atoms with Gasteiger partial charge in [0.05, 0.1) is 18.5 Å². The summed E-state index contributed by atoms with van der Waals surface area (Å²) < 4.78 is 14.5. The van der Waals surface area contributed by atoms with E-state index in [9.17, 15) is 14.0 Å². The molecule has 2 aromatic carbocycles. The lowest BCUT2D eigenvalue weighted by molar-refractivity contribution is -0.140. The van der Waals surface area contributed by atoms with E-state index in [0.29, 0.717) is 11.6 Å². The van der Waals surface area contributed by atoms with Gasteiger partial charge in [-0.2, -0.15) is 0 Å². The van der Waals surface area contributed by atoms with Gasteiger partial charge in [-0.15, -0.1) is 0 Å². The summed E-state index contributed by atoms with van der Waals surface area (Å²) in [6.07, 6.45) is 4.21. The third-order valence-electron chi connectivity index (χ3n) is 6.90. The van der Waals surface area contributed by atoms with Crippen LogP contribution in [0.25, 0.3) is 0 Å². The molecule has 4 atom stereocenters. The van der Waals surface area contributed by atoms with Crippen LogP contribution in [0.3, 0.4) is 0 Å². The molecule has 2 aliphatic rings. The van der Waals surface area contributed by atoms with Gasteiger partial charge in [-0.05, 0) is 42.4 Å². The maximum atomic E-state index is 14.5. The van der Waals surface area contributed by atoms with E-state index in [1.807, 2.05) is 48.5 Å². The molecule has 0 aromatic heterocycles. The number of benzene rings is 2. The van der Waals surface area contributed by atoms with E-state index >= 15 is 0 Å². The average molecular weight is 476 g/mol. The summed E-state index contributed by atoms with van der Waals surface area (Å²) in [5.74, 6) is -0.707. The SMILES string of the molecule is CC(C(=O)N1C[C@H](F)C[C@H]1C(=O)N[C@@H](c1ccccc1)c1ccc(C(C)C)cc1)C1=CCCC=N1. The van der Waals surface area contributed by atoms with Crippen LogP contribution in [0.1, 0.15) is 68.7 Å². The molecule has 184 valence electrons. The lowest BCUT2D eigenvalue weighted by atomic mass is 9.95. The van der Waals surface area contributed by atoms with Crippen molar-refractivity contribution in [3.05, 3.63) is 83.1 Å². The molecule has 1 unspecified atom stereocenters. The highest BCUT2D eigenvalue weighted by Crippen LogP contribution is 2.29. The number of hydrogen-bond acceptors (Lipinski definition) is 3. The van der Waals surface area contributed by atoms with E-state index in [0.717, 1.165) is 24.0 Å². The second kappa shape index (κ2) is 11.0. The van der Waals surface area contributed by atoms with Gasteiger partial charge in [0, 0.05) is 18.3 Å². The van der Waals surface area contributed by atoms with E-state index in [1.54, 1.807) is 13.1 Å². The number of nitrogens with zero attached hydrogens (tertiary/aromatic N) is 2.